The minimum Gasteiger partial charge on any atom is -0.453 e. The summed E-state index contributed by atoms with van der Waals surface area (Å²) in [4.78, 5) is 34.9. The molecular weight excluding hydrogens is 542 g/mol. The van der Waals surface area contributed by atoms with Crippen molar-refractivity contribution in [1.29, 1.82) is 0 Å². The Morgan fingerprint density at radius 3 is 2.37 bits per heavy atom. The quantitative estimate of drug-likeness (QED) is 0.214. The number of halogens is 4. The Kier molecular flexibility index (Phi) is 9.78. The molecule has 2 heterocycles. The van der Waals surface area contributed by atoms with Gasteiger partial charge < -0.3 is 25.1 Å². The van der Waals surface area contributed by atoms with E-state index in [1.54, 1.807) is 54.6 Å². The van der Waals surface area contributed by atoms with Crippen LogP contribution >= 0.6 is 48.0 Å². The molecule has 0 aliphatic carbocycles. The predicted molar refractivity (Wildman–Crippen MR) is 140 cm³/mol. The molecule has 2 aromatic heterocycles. The van der Waals surface area contributed by atoms with Gasteiger partial charge in [0.15, 0.2) is 5.65 Å². The van der Waals surface area contributed by atoms with Crippen molar-refractivity contribution in [2.75, 3.05) is 23.1 Å². The number of hydrogen-bond donors (Lipinski definition) is 4. The molecule has 10 nitrogen and oxygen atoms in total. The Morgan fingerprint density at radius 2 is 1.66 bits per heavy atom. The second-order valence-electron chi connectivity index (χ2n) is 6.55. The Bertz CT molecular complexity index is 1330. The van der Waals surface area contributed by atoms with Gasteiger partial charge in [-0.15, -0.1) is 24.8 Å². The van der Waals surface area contributed by atoms with Crippen molar-refractivity contribution >= 4 is 88.6 Å². The average Bonchev–Trinajstić information content (AvgIpc) is 3.19. The fourth-order valence-electron chi connectivity index (χ4n) is 2.74. The topological polar surface area (TPSA) is 130 Å². The molecule has 4 rings (SSSR count). The monoisotopic (exact) mass is 558 g/mol. The molecule has 14 heteroatoms. The van der Waals surface area contributed by atoms with Crippen LogP contribution in [0.25, 0.3) is 11.2 Å². The molecule has 0 radical (unpaired) electrons. The van der Waals surface area contributed by atoms with Gasteiger partial charge in [-0.2, -0.15) is 9.97 Å². The number of benzene rings is 2. The first kappa shape index (κ1) is 27.8. The molecule has 0 saturated heterocycles. The lowest BCUT2D eigenvalue weighted by atomic mass is 10.3. The standard InChI is InChI=1S/C21H16Cl2N6O4.2ClH/c1-32-21(31)29-19-25-15-8-9-17(27-18(15)28-19)33-13-5-3-12(4-6-13)24-20(30)26-16-10-11(22)2-7-14(16)23;;/h2-10H,1H3,(H2,24,26,30)(H2,25,27,28,29,31);2*1H. The number of amides is 3. The molecule has 4 N–H and O–H groups in total. The molecule has 0 saturated carbocycles. The number of nitrogens with one attached hydrogen (secondary N) is 4. The molecule has 0 aliphatic rings. The van der Waals surface area contributed by atoms with Gasteiger partial charge in [-0.1, -0.05) is 23.2 Å². The van der Waals surface area contributed by atoms with Crippen LogP contribution in [0, 0.1) is 0 Å². The molecular formula is C21H18Cl4N6O4. The second-order valence-corrected chi connectivity index (χ2v) is 7.40. The summed E-state index contributed by atoms with van der Waals surface area (Å²) in [6.07, 6.45) is -0.649. The zero-order valence-electron chi connectivity index (χ0n) is 17.8. The summed E-state index contributed by atoms with van der Waals surface area (Å²) >= 11 is 12.0. The van der Waals surface area contributed by atoms with E-state index >= 15 is 0 Å². The van der Waals surface area contributed by atoms with Gasteiger partial charge in [-0.3, -0.25) is 5.32 Å². The van der Waals surface area contributed by atoms with E-state index in [2.05, 4.69) is 35.6 Å². The molecule has 184 valence electrons. The zero-order valence-corrected chi connectivity index (χ0v) is 20.9. The number of carbonyl (C=O) groups excluding carboxylic acids is 2. The number of pyridine rings is 1. The van der Waals surface area contributed by atoms with Crippen molar-refractivity contribution in [1.82, 2.24) is 15.0 Å². The zero-order chi connectivity index (χ0) is 23.4. The van der Waals surface area contributed by atoms with Crippen molar-refractivity contribution in [3.63, 3.8) is 0 Å². The van der Waals surface area contributed by atoms with Crippen LogP contribution in [0.3, 0.4) is 0 Å². The van der Waals surface area contributed by atoms with Crippen molar-refractivity contribution in [2.24, 2.45) is 0 Å². The lowest BCUT2D eigenvalue weighted by molar-refractivity contribution is 0.186. The van der Waals surface area contributed by atoms with E-state index in [0.717, 1.165) is 0 Å². The Balaban J connectivity index is 0.00000216. The normalized spacial score (nSPS) is 9.91. The summed E-state index contributed by atoms with van der Waals surface area (Å²) in [5.74, 6) is 0.996. The number of nitrogens with zero attached hydrogens (tertiary/aromatic N) is 2. The summed E-state index contributed by atoms with van der Waals surface area (Å²) < 4.78 is 10.3. The first-order valence-corrected chi connectivity index (χ1v) is 10.2. The number of aromatic amines is 1. The second kappa shape index (κ2) is 12.3. The summed E-state index contributed by atoms with van der Waals surface area (Å²) in [5, 5.41) is 8.58. The van der Waals surface area contributed by atoms with E-state index in [1.165, 1.54) is 7.11 Å². The number of urea groups is 1. The number of H-pyrrole nitrogens is 1. The SMILES string of the molecule is COC(=O)Nc1nc2nc(Oc3ccc(NC(=O)Nc4cc(Cl)ccc4Cl)cc3)ccc2[nH]1.Cl.Cl. The Morgan fingerprint density at radius 1 is 0.914 bits per heavy atom. The van der Waals surface area contributed by atoms with Crippen LogP contribution in [0.1, 0.15) is 0 Å². The van der Waals surface area contributed by atoms with Crippen LogP contribution < -0.4 is 20.7 Å². The van der Waals surface area contributed by atoms with Crippen LogP contribution in [0.5, 0.6) is 11.6 Å². The van der Waals surface area contributed by atoms with Gasteiger partial charge in [-0.25, -0.2) is 9.59 Å². The maximum Gasteiger partial charge on any atom is 0.413 e. The minimum atomic E-state index is -0.649. The van der Waals surface area contributed by atoms with Gasteiger partial charge in [0, 0.05) is 16.8 Å². The van der Waals surface area contributed by atoms with Gasteiger partial charge in [0.05, 0.1) is 23.3 Å². The fraction of sp³-hybridized carbons (Fsp3) is 0.0476. The third-order valence-electron chi connectivity index (χ3n) is 4.24. The molecule has 2 aromatic carbocycles. The third-order valence-corrected chi connectivity index (χ3v) is 4.80. The number of imidazole rings is 1. The number of carbonyl (C=O) groups is 2. The molecule has 0 spiro atoms. The molecule has 0 aliphatic heterocycles. The first-order valence-electron chi connectivity index (χ1n) is 9.42. The number of hydrogen-bond acceptors (Lipinski definition) is 6. The lowest BCUT2D eigenvalue weighted by Crippen LogP contribution is -2.19. The van der Waals surface area contributed by atoms with Crippen molar-refractivity contribution < 1.29 is 19.1 Å². The van der Waals surface area contributed by atoms with Crippen molar-refractivity contribution in [3.8, 4) is 11.6 Å². The Hall–Kier alpha value is -3.44. The predicted octanol–water partition coefficient (Wildman–Crippen LogP) is 6.72. The van der Waals surface area contributed by atoms with Crippen molar-refractivity contribution in [2.45, 2.75) is 0 Å². The van der Waals surface area contributed by atoms with Crippen molar-refractivity contribution in [3.05, 3.63) is 64.6 Å². The number of ether oxygens (including phenoxy) is 2. The average molecular weight is 560 g/mol. The van der Waals surface area contributed by atoms with E-state index in [4.69, 9.17) is 27.9 Å². The van der Waals surface area contributed by atoms with E-state index in [-0.39, 0.29) is 30.8 Å². The molecule has 0 bridgehead atoms. The summed E-state index contributed by atoms with van der Waals surface area (Å²) in [6.45, 7) is 0. The highest BCUT2D eigenvalue weighted by atomic mass is 35.5. The molecule has 0 atom stereocenters. The van der Waals surface area contributed by atoms with Gasteiger partial charge >= 0.3 is 12.1 Å². The summed E-state index contributed by atoms with van der Waals surface area (Å²) in [5.41, 5.74) is 1.89. The fourth-order valence-corrected chi connectivity index (χ4v) is 3.08. The molecule has 3 amide bonds. The van der Waals surface area contributed by atoms with E-state index in [0.29, 0.717) is 44.2 Å². The highest BCUT2D eigenvalue weighted by Crippen LogP contribution is 2.26. The van der Waals surface area contributed by atoms with E-state index in [9.17, 15) is 9.59 Å². The minimum absolute atomic E-state index is 0. The van der Waals surface area contributed by atoms with Crippen LogP contribution in [-0.4, -0.2) is 34.2 Å². The van der Waals surface area contributed by atoms with Gasteiger partial charge in [0.2, 0.25) is 11.8 Å². The summed E-state index contributed by atoms with van der Waals surface area (Å²) in [7, 11) is 1.25. The largest absolute Gasteiger partial charge is 0.453 e. The number of rotatable bonds is 5. The van der Waals surface area contributed by atoms with Crippen LogP contribution in [0.4, 0.5) is 26.9 Å². The molecule has 0 fully saturated rings. The Labute approximate surface area is 221 Å². The van der Waals surface area contributed by atoms with Gasteiger partial charge in [0.25, 0.3) is 0 Å². The van der Waals surface area contributed by atoms with E-state index < -0.39 is 12.1 Å². The maximum atomic E-state index is 12.2. The first-order chi connectivity index (χ1) is 15.9. The number of fused-ring (bicyclic) bond motifs is 1. The lowest BCUT2D eigenvalue weighted by Gasteiger charge is -2.10. The number of methoxy groups -OCH3 is 1. The third kappa shape index (κ3) is 7.27. The van der Waals surface area contributed by atoms with E-state index in [1.807, 2.05) is 0 Å². The number of aromatic nitrogens is 3. The van der Waals surface area contributed by atoms with Crippen LogP contribution in [0.15, 0.2) is 54.6 Å². The highest BCUT2D eigenvalue weighted by Gasteiger charge is 2.10. The van der Waals surface area contributed by atoms with Crippen LogP contribution in [-0.2, 0) is 4.74 Å². The molecule has 35 heavy (non-hydrogen) atoms. The van der Waals surface area contributed by atoms with Crippen LogP contribution in [0.2, 0.25) is 10.0 Å². The van der Waals surface area contributed by atoms with Gasteiger partial charge in [-0.05, 0) is 48.5 Å². The molecule has 0 unspecified atom stereocenters. The highest BCUT2D eigenvalue weighted by molar-refractivity contribution is 6.35. The molecule has 4 aromatic rings. The maximum absolute atomic E-state index is 12.2. The summed E-state index contributed by atoms with van der Waals surface area (Å²) in [6, 6.07) is 14.3. The van der Waals surface area contributed by atoms with Gasteiger partial charge in [0.1, 0.15) is 5.75 Å². The number of anilines is 3. The smallest absolute Gasteiger partial charge is 0.413 e.